The van der Waals surface area contributed by atoms with Crippen LogP contribution in [0.2, 0.25) is 0 Å². The Labute approximate surface area is 81.3 Å². The monoisotopic (exact) mass is 180 g/mol. The molecule has 2 heteroatoms. The third-order valence-corrected chi connectivity index (χ3v) is 3.35. The van der Waals surface area contributed by atoms with Gasteiger partial charge in [0, 0.05) is 0 Å². The van der Waals surface area contributed by atoms with E-state index in [2.05, 4.69) is 18.3 Å². The van der Waals surface area contributed by atoms with Crippen LogP contribution in [-0.4, -0.2) is 12.6 Å². The fourth-order valence-corrected chi connectivity index (χ4v) is 2.29. The Morgan fingerprint density at radius 3 is 2.46 bits per heavy atom. The van der Waals surface area contributed by atoms with Crippen molar-refractivity contribution in [3.05, 3.63) is 0 Å². The molecule has 1 fully saturated rings. The SMILES string of the molecule is CCCC1CCC(C#N)(NC)CC1. The first-order valence-corrected chi connectivity index (χ1v) is 5.36. The molecule has 1 aliphatic carbocycles. The fraction of sp³-hybridized carbons (Fsp3) is 0.909. The number of rotatable bonds is 3. The normalized spacial score (nSPS) is 34.1. The van der Waals surface area contributed by atoms with Crippen molar-refractivity contribution in [2.75, 3.05) is 7.05 Å². The molecule has 1 saturated carbocycles. The van der Waals surface area contributed by atoms with Crippen LogP contribution in [0.15, 0.2) is 0 Å². The van der Waals surface area contributed by atoms with E-state index in [9.17, 15) is 0 Å². The molecule has 1 rings (SSSR count). The molecule has 0 heterocycles. The zero-order valence-electron chi connectivity index (χ0n) is 8.77. The lowest BCUT2D eigenvalue weighted by molar-refractivity contribution is 0.239. The minimum Gasteiger partial charge on any atom is -0.302 e. The van der Waals surface area contributed by atoms with Gasteiger partial charge in [-0.3, -0.25) is 0 Å². The first kappa shape index (κ1) is 10.5. The molecule has 0 atom stereocenters. The van der Waals surface area contributed by atoms with E-state index in [1.165, 1.54) is 25.7 Å². The number of nitrogens with zero attached hydrogens (tertiary/aromatic N) is 1. The van der Waals surface area contributed by atoms with Crippen LogP contribution in [0, 0.1) is 17.2 Å². The van der Waals surface area contributed by atoms with Gasteiger partial charge in [-0.05, 0) is 38.6 Å². The van der Waals surface area contributed by atoms with Crippen molar-refractivity contribution in [2.45, 2.75) is 51.0 Å². The molecule has 0 radical (unpaired) electrons. The molecule has 74 valence electrons. The Bertz CT molecular complexity index is 185. The van der Waals surface area contributed by atoms with E-state index >= 15 is 0 Å². The van der Waals surface area contributed by atoms with E-state index in [0.29, 0.717) is 0 Å². The molecular formula is C11H20N2. The van der Waals surface area contributed by atoms with Crippen LogP contribution in [0.5, 0.6) is 0 Å². The highest BCUT2D eigenvalue weighted by atomic mass is 14.9. The molecule has 0 spiro atoms. The molecule has 13 heavy (non-hydrogen) atoms. The van der Waals surface area contributed by atoms with E-state index in [-0.39, 0.29) is 5.54 Å². The second-order valence-electron chi connectivity index (χ2n) is 4.18. The summed E-state index contributed by atoms with van der Waals surface area (Å²) in [5.74, 6) is 0.875. The maximum absolute atomic E-state index is 9.05. The van der Waals surface area contributed by atoms with Crippen LogP contribution in [-0.2, 0) is 0 Å². The van der Waals surface area contributed by atoms with Gasteiger partial charge in [0.25, 0.3) is 0 Å². The zero-order valence-corrected chi connectivity index (χ0v) is 8.77. The summed E-state index contributed by atoms with van der Waals surface area (Å²) in [5, 5.41) is 12.2. The molecule has 0 unspecified atom stereocenters. The minimum atomic E-state index is -0.204. The van der Waals surface area contributed by atoms with Crippen LogP contribution in [0.1, 0.15) is 45.4 Å². The van der Waals surface area contributed by atoms with Gasteiger partial charge in [-0.25, -0.2) is 0 Å². The Morgan fingerprint density at radius 1 is 1.46 bits per heavy atom. The number of nitriles is 1. The van der Waals surface area contributed by atoms with Gasteiger partial charge in [0.1, 0.15) is 5.54 Å². The van der Waals surface area contributed by atoms with Gasteiger partial charge < -0.3 is 5.32 Å². The highest BCUT2D eigenvalue weighted by molar-refractivity contribution is 5.08. The summed E-state index contributed by atoms with van der Waals surface area (Å²) in [5.41, 5.74) is -0.204. The van der Waals surface area contributed by atoms with Crippen molar-refractivity contribution in [1.82, 2.24) is 5.32 Å². The highest BCUT2D eigenvalue weighted by Gasteiger charge is 2.33. The van der Waals surface area contributed by atoms with E-state index in [1.807, 2.05) is 7.05 Å². The van der Waals surface area contributed by atoms with Gasteiger partial charge in [0.2, 0.25) is 0 Å². The predicted molar refractivity (Wildman–Crippen MR) is 54.3 cm³/mol. The van der Waals surface area contributed by atoms with E-state index in [4.69, 9.17) is 5.26 Å². The third-order valence-electron chi connectivity index (χ3n) is 3.35. The van der Waals surface area contributed by atoms with Crippen molar-refractivity contribution in [3.8, 4) is 6.07 Å². The van der Waals surface area contributed by atoms with Crippen LogP contribution in [0.3, 0.4) is 0 Å². The Balaban J connectivity index is 2.42. The first-order chi connectivity index (χ1) is 6.26. The molecule has 0 amide bonds. The molecular weight excluding hydrogens is 160 g/mol. The van der Waals surface area contributed by atoms with E-state index < -0.39 is 0 Å². The number of hydrogen-bond donors (Lipinski definition) is 1. The largest absolute Gasteiger partial charge is 0.302 e. The Morgan fingerprint density at radius 2 is 2.08 bits per heavy atom. The van der Waals surface area contributed by atoms with Gasteiger partial charge in [0.05, 0.1) is 6.07 Å². The quantitative estimate of drug-likeness (QED) is 0.724. The van der Waals surface area contributed by atoms with Crippen molar-refractivity contribution >= 4 is 0 Å². The summed E-state index contributed by atoms with van der Waals surface area (Å²) in [7, 11) is 1.91. The summed E-state index contributed by atoms with van der Waals surface area (Å²) in [6.45, 7) is 2.24. The smallest absolute Gasteiger partial charge is 0.106 e. The molecule has 0 aromatic heterocycles. The van der Waals surface area contributed by atoms with Gasteiger partial charge >= 0.3 is 0 Å². The Kier molecular flexibility index (Phi) is 3.74. The topological polar surface area (TPSA) is 35.8 Å². The van der Waals surface area contributed by atoms with E-state index in [0.717, 1.165) is 18.8 Å². The van der Waals surface area contributed by atoms with Crippen LogP contribution in [0.4, 0.5) is 0 Å². The summed E-state index contributed by atoms with van der Waals surface area (Å²) >= 11 is 0. The second kappa shape index (κ2) is 4.62. The molecule has 0 bridgehead atoms. The molecule has 2 nitrogen and oxygen atoms in total. The summed E-state index contributed by atoms with van der Waals surface area (Å²) in [6.07, 6.45) is 7.13. The lowest BCUT2D eigenvalue weighted by Gasteiger charge is -2.34. The van der Waals surface area contributed by atoms with Crippen LogP contribution >= 0.6 is 0 Å². The van der Waals surface area contributed by atoms with Crippen molar-refractivity contribution < 1.29 is 0 Å². The summed E-state index contributed by atoms with van der Waals surface area (Å²) < 4.78 is 0. The lowest BCUT2D eigenvalue weighted by atomic mass is 9.76. The third kappa shape index (κ3) is 2.45. The molecule has 0 aromatic carbocycles. The minimum absolute atomic E-state index is 0.204. The fourth-order valence-electron chi connectivity index (χ4n) is 2.29. The Hall–Kier alpha value is -0.550. The van der Waals surface area contributed by atoms with Gasteiger partial charge in [0.15, 0.2) is 0 Å². The van der Waals surface area contributed by atoms with Crippen molar-refractivity contribution in [3.63, 3.8) is 0 Å². The molecule has 1 N–H and O–H groups in total. The average Bonchev–Trinajstić information content (AvgIpc) is 2.20. The molecule has 0 saturated heterocycles. The van der Waals surface area contributed by atoms with Gasteiger partial charge in [-0.2, -0.15) is 5.26 Å². The maximum atomic E-state index is 9.05. The molecule has 0 aromatic rings. The van der Waals surface area contributed by atoms with Gasteiger partial charge in [-0.1, -0.05) is 19.8 Å². The van der Waals surface area contributed by atoms with Crippen molar-refractivity contribution in [1.29, 1.82) is 5.26 Å². The number of nitrogens with one attached hydrogen (secondary N) is 1. The van der Waals surface area contributed by atoms with Gasteiger partial charge in [-0.15, -0.1) is 0 Å². The summed E-state index contributed by atoms with van der Waals surface area (Å²) in [4.78, 5) is 0. The molecule has 0 aliphatic heterocycles. The van der Waals surface area contributed by atoms with E-state index in [1.54, 1.807) is 0 Å². The van der Waals surface area contributed by atoms with Crippen LogP contribution < -0.4 is 5.32 Å². The summed E-state index contributed by atoms with van der Waals surface area (Å²) in [6, 6.07) is 2.42. The highest BCUT2D eigenvalue weighted by Crippen LogP contribution is 2.33. The predicted octanol–water partition coefficient (Wildman–Crippen LogP) is 2.46. The number of hydrogen-bond acceptors (Lipinski definition) is 2. The standard InChI is InChI=1S/C11H20N2/c1-3-4-10-5-7-11(9-12,13-2)8-6-10/h10,13H,3-8H2,1-2H3. The van der Waals surface area contributed by atoms with Crippen LogP contribution in [0.25, 0.3) is 0 Å². The van der Waals surface area contributed by atoms with Crippen molar-refractivity contribution in [2.24, 2.45) is 5.92 Å². The zero-order chi connectivity index (χ0) is 9.73. The first-order valence-electron chi connectivity index (χ1n) is 5.36. The maximum Gasteiger partial charge on any atom is 0.106 e. The second-order valence-corrected chi connectivity index (χ2v) is 4.18. The average molecular weight is 180 g/mol. The lowest BCUT2D eigenvalue weighted by Crippen LogP contribution is -2.44. The molecule has 1 aliphatic rings.